The minimum atomic E-state index is -1.57. The van der Waals surface area contributed by atoms with Crippen molar-refractivity contribution in [3.05, 3.63) is 40.3 Å². The maximum atomic E-state index is 10.2. The van der Waals surface area contributed by atoms with Crippen LogP contribution in [-0.4, -0.2) is 13.2 Å². The molecule has 0 spiro atoms. The van der Waals surface area contributed by atoms with Gasteiger partial charge in [0.25, 0.3) is 0 Å². The van der Waals surface area contributed by atoms with Crippen molar-refractivity contribution in [2.24, 2.45) is 5.11 Å². The van der Waals surface area contributed by atoms with E-state index in [9.17, 15) is 5.11 Å². The van der Waals surface area contributed by atoms with Gasteiger partial charge in [-0.15, -0.1) is 5.54 Å². The number of aliphatic hydroxyl groups excluding tert-OH is 1. The fourth-order valence-corrected chi connectivity index (χ4v) is 4.65. The standard InChI is InChI=1S/C15H21N3OSi/c1-4-20(5-2,6-3)12-11-15(19)13-9-7-8-10-14(13)17-18-16/h7-10,15,19H,4-6H2,1-3H3. The molecule has 0 aromatic heterocycles. The van der Waals surface area contributed by atoms with Crippen LogP contribution in [0.2, 0.25) is 18.1 Å². The van der Waals surface area contributed by atoms with E-state index in [0.29, 0.717) is 11.3 Å². The number of azide groups is 1. The number of hydrogen-bond donors (Lipinski definition) is 1. The minimum absolute atomic E-state index is 0.438. The molecule has 20 heavy (non-hydrogen) atoms. The Hall–Kier alpha value is -1.73. The molecule has 1 unspecified atom stereocenters. The van der Waals surface area contributed by atoms with Crippen LogP contribution < -0.4 is 0 Å². The lowest BCUT2D eigenvalue weighted by Gasteiger charge is -2.20. The highest BCUT2D eigenvalue weighted by molar-refractivity contribution is 6.87. The molecule has 0 saturated carbocycles. The van der Waals surface area contributed by atoms with Gasteiger partial charge in [0.15, 0.2) is 0 Å². The van der Waals surface area contributed by atoms with Crippen LogP contribution in [0.5, 0.6) is 0 Å². The first-order valence-corrected chi connectivity index (χ1v) is 9.59. The third-order valence-electron chi connectivity index (χ3n) is 3.89. The lowest BCUT2D eigenvalue weighted by atomic mass is 10.1. The molecule has 1 atom stereocenters. The van der Waals surface area contributed by atoms with Crippen LogP contribution in [0.15, 0.2) is 29.4 Å². The zero-order valence-electron chi connectivity index (χ0n) is 12.3. The van der Waals surface area contributed by atoms with Crippen molar-refractivity contribution in [2.45, 2.75) is 45.0 Å². The van der Waals surface area contributed by atoms with E-state index < -0.39 is 14.2 Å². The molecule has 1 aromatic carbocycles. The summed E-state index contributed by atoms with van der Waals surface area (Å²) in [7, 11) is -1.57. The molecule has 106 valence electrons. The Morgan fingerprint density at radius 3 is 2.40 bits per heavy atom. The summed E-state index contributed by atoms with van der Waals surface area (Å²) in [4.78, 5) is 2.78. The summed E-state index contributed by atoms with van der Waals surface area (Å²) in [6.07, 6.45) is -0.895. The Morgan fingerprint density at radius 1 is 1.25 bits per heavy atom. The van der Waals surface area contributed by atoms with E-state index in [1.807, 2.05) is 0 Å². The van der Waals surface area contributed by atoms with E-state index in [1.165, 1.54) is 0 Å². The average molecular weight is 287 g/mol. The van der Waals surface area contributed by atoms with Crippen LogP contribution in [0.4, 0.5) is 5.69 Å². The molecular formula is C15H21N3OSi. The molecule has 0 radical (unpaired) electrons. The van der Waals surface area contributed by atoms with Crippen molar-refractivity contribution in [3.8, 4) is 11.5 Å². The molecule has 0 saturated heterocycles. The molecular weight excluding hydrogens is 266 g/mol. The SMILES string of the molecule is CC[Si](C#CC(O)c1ccccc1N=[N+]=[N-])(CC)CC. The number of nitrogens with zero attached hydrogens (tertiary/aromatic N) is 3. The zero-order chi connectivity index (χ0) is 15.0. The maximum Gasteiger partial charge on any atom is 0.140 e. The fourth-order valence-electron chi connectivity index (χ4n) is 2.17. The van der Waals surface area contributed by atoms with Gasteiger partial charge in [0.05, 0.1) is 0 Å². The van der Waals surface area contributed by atoms with Crippen molar-refractivity contribution >= 4 is 13.8 Å². The van der Waals surface area contributed by atoms with Gasteiger partial charge in [-0.2, -0.15) is 0 Å². The Morgan fingerprint density at radius 2 is 1.85 bits per heavy atom. The monoisotopic (exact) mass is 287 g/mol. The topological polar surface area (TPSA) is 69.0 Å². The van der Waals surface area contributed by atoms with Crippen molar-refractivity contribution in [3.63, 3.8) is 0 Å². The summed E-state index contributed by atoms with van der Waals surface area (Å²) in [6, 6.07) is 10.3. The lowest BCUT2D eigenvalue weighted by molar-refractivity contribution is 0.239. The fraction of sp³-hybridized carbons (Fsp3) is 0.467. The zero-order valence-corrected chi connectivity index (χ0v) is 13.3. The van der Waals surface area contributed by atoms with Crippen LogP contribution >= 0.6 is 0 Å². The van der Waals surface area contributed by atoms with Crippen molar-refractivity contribution in [1.82, 2.24) is 0 Å². The normalized spacial score (nSPS) is 12.0. The highest BCUT2D eigenvalue weighted by atomic mass is 28.3. The average Bonchev–Trinajstić information content (AvgIpc) is 2.50. The van der Waals surface area contributed by atoms with Gasteiger partial charge in [0, 0.05) is 16.2 Å². The van der Waals surface area contributed by atoms with E-state index in [4.69, 9.17) is 5.53 Å². The van der Waals surface area contributed by atoms with Crippen molar-refractivity contribution in [1.29, 1.82) is 0 Å². The minimum Gasteiger partial charge on any atom is -0.376 e. The first-order valence-electron chi connectivity index (χ1n) is 6.97. The second kappa shape index (κ2) is 7.76. The summed E-state index contributed by atoms with van der Waals surface area (Å²) in [5.74, 6) is 2.98. The van der Waals surface area contributed by atoms with Gasteiger partial charge in [0.1, 0.15) is 14.2 Å². The Bertz CT molecular complexity index is 543. The second-order valence-electron chi connectivity index (χ2n) is 4.76. The summed E-state index contributed by atoms with van der Waals surface area (Å²) in [5.41, 5.74) is 12.9. The van der Waals surface area contributed by atoms with Gasteiger partial charge in [-0.1, -0.05) is 56.1 Å². The van der Waals surface area contributed by atoms with Crippen LogP contribution in [0.25, 0.3) is 10.4 Å². The van der Waals surface area contributed by atoms with Crippen LogP contribution in [0, 0.1) is 11.5 Å². The lowest BCUT2D eigenvalue weighted by Crippen LogP contribution is -2.29. The van der Waals surface area contributed by atoms with Gasteiger partial charge in [-0.25, -0.2) is 0 Å². The molecule has 1 rings (SSSR count). The van der Waals surface area contributed by atoms with E-state index >= 15 is 0 Å². The molecule has 0 aliphatic rings. The largest absolute Gasteiger partial charge is 0.376 e. The molecule has 1 aromatic rings. The summed E-state index contributed by atoms with van der Waals surface area (Å²) in [6.45, 7) is 6.52. The maximum absolute atomic E-state index is 10.2. The smallest absolute Gasteiger partial charge is 0.140 e. The predicted octanol–water partition coefficient (Wildman–Crippen LogP) is 4.71. The van der Waals surface area contributed by atoms with E-state index in [-0.39, 0.29) is 0 Å². The number of hydrogen-bond acceptors (Lipinski definition) is 2. The van der Waals surface area contributed by atoms with Crippen molar-refractivity contribution in [2.75, 3.05) is 0 Å². The van der Waals surface area contributed by atoms with Gasteiger partial charge < -0.3 is 5.11 Å². The van der Waals surface area contributed by atoms with Crippen molar-refractivity contribution < 1.29 is 5.11 Å². The third-order valence-corrected chi connectivity index (χ3v) is 8.62. The highest BCUT2D eigenvalue weighted by Crippen LogP contribution is 2.26. The second-order valence-corrected chi connectivity index (χ2v) is 9.69. The summed E-state index contributed by atoms with van der Waals surface area (Å²) >= 11 is 0. The van der Waals surface area contributed by atoms with Gasteiger partial charge in [-0.05, 0) is 23.7 Å². The van der Waals surface area contributed by atoms with Crippen LogP contribution in [0.1, 0.15) is 32.4 Å². The van der Waals surface area contributed by atoms with Gasteiger partial charge in [-0.3, -0.25) is 0 Å². The van der Waals surface area contributed by atoms with E-state index in [2.05, 4.69) is 42.3 Å². The molecule has 0 aliphatic carbocycles. The number of benzene rings is 1. The summed E-state index contributed by atoms with van der Waals surface area (Å²) < 4.78 is 0. The molecule has 4 nitrogen and oxygen atoms in total. The predicted molar refractivity (Wildman–Crippen MR) is 85.2 cm³/mol. The quantitative estimate of drug-likeness (QED) is 0.275. The molecule has 5 heteroatoms. The molecule has 0 amide bonds. The first-order chi connectivity index (χ1) is 9.62. The van der Waals surface area contributed by atoms with Gasteiger partial charge in [0.2, 0.25) is 0 Å². The van der Waals surface area contributed by atoms with Crippen LogP contribution in [-0.2, 0) is 0 Å². The molecule has 0 aliphatic heterocycles. The third kappa shape index (κ3) is 3.88. The Kier molecular flexibility index (Phi) is 6.33. The molecule has 0 fully saturated rings. The molecule has 0 bridgehead atoms. The number of rotatable bonds is 5. The van der Waals surface area contributed by atoms with E-state index in [1.54, 1.807) is 24.3 Å². The molecule has 0 heterocycles. The highest BCUT2D eigenvalue weighted by Gasteiger charge is 2.24. The first kappa shape index (κ1) is 16.3. The Labute approximate surface area is 121 Å². The van der Waals surface area contributed by atoms with Gasteiger partial charge >= 0.3 is 0 Å². The molecule has 1 N–H and O–H groups in total. The van der Waals surface area contributed by atoms with Crippen LogP contribution in [0.3, 0.4) is 0 Å². The van der Waals surface area contributed by atoms with E-state index in [0.717, 1.165) is 18.1 Å². The Balaban J connectivity index is 3.09. The summed E-state index contributed by atoms with van der Waals surface area (Å²) in [5, 5.41) is 13.8. The number of aliphatic hydroxyl groups is 1.